The third-order valence-corrected chi connectivity index (χ3v) is 4.03. The minimum absolute atomic E-state index is 0.0318. The summed E-state index contributed by atoms with van der Waals surface area (Å²) in [5, 5.41) is 0. The molecule has 2 rings (SSSR count). The molecular weight excluding hydrogens is 314 g/mol. The fraction of sp³-hybridized carbons (Fsp3) is 0.308. The second kappa shape index (κ2) is 5.28. The Labute approximate surface area is 119 Å². The van der Waals surface area contributed by atoms with Crippen LogP contribution in [0.5, 0.6) is 0 Å². The van der Waals surface area contributed by atoms with Gasteiger partial charge in [-0.15, -0.1) is 11.3 Å². The molecule has 0 spiro atoms. The molecule has 0 aliphatic rings. The summed E-state index contributed by atoms with van der Waals surface area (Å²) in [6.45, 7) is 4.46. The van der Waals surface area contributed by atoms with E-state index in [0.717, 1.165) is 21.1 Å². The van der Waals surface area contributed by atoms with E-state index in [0.29, 0.717) is 11.2 Å². The molecule has 3 nitrogen and oxygen atoms in total. The Hall–Kier alpha value is -1.07. The van der Waals surface area contributed by atoms with Crippen molar-refractivity contribution in [3.05, 3.63) is 43.9 Å². The minimum atomic E-state index is 0.0318. The van der Waals surface area contributed by atoms with Gasteiger partial charge in [-0.1, -0.05) is 0 Å². The lowest BCUT2D eigenvalue weighted by atomic mass is 10.2. The zero-order chi connectivity index (χ0) is 13.3. The number of rotatable bonds is 3. The largest absolute Gasteiger partial charge is 0.452 e. The van der Waals surface area contributed by atoms with Crippen LogP contribution in [0.2, 0.25) is 0 Å². The molecule has 0 fully saturated rings. The molecule has 0 radical (unpaired) electrons. The van der Waals surface area contributed by atoms with Crippen LogP contribution in [0.15, 0.2) is 27.3 Å². The molecule has 0 saturated carbocycles. The molecule has 0 atom stereocenters. The SMILES string of the molecule is Cc1cc(C(=O)N(C)Cc2ccc(Br)o2)c(C)s1. The highest BCUT2D eigenvalue weighted by molar-refractivity contribution is 9.10. The number of nitrogens with zero attached hydrogens (tertiary/aromatic N) is 1. The molecule has 0 saturated heterocycles. The van der Waals surface area contributed by atoms with Gasteiger partial charge in [0.05, 0.1) is 12.1 Å². The number of aryl methyl sites for hydroxylation is 2. The van der Waals surface area contributed by atoms with Gasteiger partial charge in [-0.05, 0) is 48.0 Å². The van der Waals surface area contributed by atoms with Crippen LogP contribution >= 0.6 is 27.3 Å². The zero-order valence-electron chi connectivity index (χ0n) is 10.5. The molecule has 0 aliphatic heterocycles. The molecule has 0 bridgehead atoms. The number of carbonyl (C=O) groups excluding carboxylic acids is 1. The summed E-state index contributed by atoms with van der Waals surface area (Å²) in [5.41, 5.74) is 0.783. The first-order chi connectivity index (χ1) is 8.47. The minimum Gasteiger partial charge on any atom is -0.452 e. The topological polar surface area (TPSA) is 33.5 Å². The van der Waals surface area contributed by atoms with E-state index < -0.39 is 0 Å². The summed E-state index contributed by atoms with van der Waals surface area (Å²) in [7, 11) is 1.78. The van der Waals surface area contributed by atoms with Gasteiger partial charge >= 0.3 is 0 Å². The summed E-state index contributed by atoms with van der Waals surface area (Å²) in [5.74, 6) is 0.798. The quantitative estimate of drug-likeness (QED) is 0.853. The molecule has 2 aromatic heterocycles. The standard InChI is InChI=1S/C13H14BrNO2S/c1-8-6-11(9(2)18-8)13(16)15(3)7-10-4-5-12(14)17-10/h4-6H,7H2,1-3H3. The number of halogens is 1. The van der Waals surface area contributed by atoms with E-state index in [9.17, 15) is 4.79 Å². The van der Waals surface area contributed by atoms with Gasteiger partial charge in [-0.2, -0.15) is 0 Å². The number of hydrogen-bond acceptors (Lipinski definition) is 3. The average Bonchev–Trinajstić information content (AvgIpc) is 2.84. The second-order valence-electron chi connectivity index (χ2n) is 4.19. The van der Waals surface area contributed by atoms with Gasteiger partial charge in [0.25, 0.3) is 5.91 Å². The molecule has 5 heteroatoms. The molecule has 0 N–H and O–H groups in total. The normalized spacial score (nSPS) is 10.7. The molecule has 0 aliphatic carbocycles. The van der Waals surface area contributed by atoms with E-state index >= 15 is 0 Å². The lowest BCUT2D eigenvalue weighted by Gasteiger charge is -2.15. The van der Waals surface area contributed by atoms with Crippen LogP contribution in [0.4, 0.5) is 0 Å². The molecule has 18 heavy (non-hydrogen) atoms. The summed E-state index contributed by atoms with van der Waals surface area (Å²) < 4.78 is 6.08. The monoisotopic (exact) mass is 327 g/mol. The first-order valence-corrected chi connectivity index (χ1v) is 7.15. The maximum atomic E-state index is 12.3. The van der Waals surface area contributed by atoms with Crippen LogP contribution in [-0.4, -0.2) is 17.9 Å². The van der Waals surface area contributed by atoms with Crippen molar-refractivity contribution in [3.63, 3.8) is 0 Å². The van der Waals surface area contributed by atoms with Crippen LogP contribution in [-0.2, 0) is 6.54 Å². The highest BCUT2D eigenvalue weighted by Gasteiger charge is 2.17. The Morgan fingerprint density at radius 1 is 1.44 bits per heavy atom. The van der Waals surface area contributed by atoms with E-state index in [1.807, 2.05) is 32.0 Å². The maximum Gasteiger partial charge on any atom is 0.255 e. The number of carbonyl (C=O) groups is 1. The Balaban J connectivity index is 2.11. The van der Waals surface area contributed by atoms with Gasteiger partial charge in [0.2, 0.25) is 0 Å². The Morgan fingerprint density at radius 2 is 2.17 bits per heavy atom. The van der Waals surface area contributed by atoms with Gasteiger partial charge in [0.1, 0.15) is 5.76 Å². The lowest BCUT2D eigenvalue weighted by molar-refractivity contribution is 0.0775. The second-order valence-corrected chi connectivity index (χ2v) is 6.44. The van der Waals surface area contributed by atoms with Gasteiger partial charge in [-0.25, -0.2) is 0 Å². The zero-order valence-corrected chi connectivity index (χ0v) is 12.9. The Kier molecular flexibility index (Phi) is 3.92. The maximum absolute atomic E-state index is 12.3. The molecule has 1 amide bonds. The Morgan fingerprint density at radius 3 is 2.67 bits per heavy atom. The summed E-state index contributed by atoms with van der Waals surface area (Å²) in [6.07, 6.45) is 0. The third kappa shape index (κ3) is 2.84. The van der Waals surface area contributed by atoms with Crippen molar-refractivity contribution in [2.45, 2.75) is 20.4 Å². The Bertz CT molecular complexity index is 573. The van der Waals surface area contributed by atoms with Gasteiger partial charge in [0.15, 0.2) is 4.67 Å². The highest BCUT2D eigenvalue weighted by Crippen LogP contribution is 2.22. The molecule has 0 unspecified atom stereocenters. The van der Waals surface area contributed by atoms with E-state index in [-0.39, 0.29) is 5.91 Å². The average molecular weight is 328 g/mol. The van der Waals surface area contributed by atoms with Crippen molar-refractivity contribution in [1.82, 2.24) is 4.90 Å². The number of amides is 1. The van der Waals surface area contributed by atoms with Crippen molar-refractivity contribution >= 4 is 33.2 Å². The van der Waals surface area contributed by atoms with Crippen molar-refractivity contribution in [2.24, 2.45) is 0 Å². The van der Waals surface area contributed by atoms with E-state index in [1.165, 1.54) is 0 Å². The van der Waals surface area contributed by atoms with Gasteiger partial charge in [0, 0.05) is 16.8 Å². The van der Waals surface area contributed by atoms with Crippen LogP contribution in [0, 0.1) is 13.8 Å². The van der Waals surface area contributed by atoms with Crippen LogP contribution in [0.25, 0.3) is 0 Å². The number of hydrogen-bond donors (Lipinski definition) is 0. The van der Waals surface area contributed by atoms with E-state index in [4.69, 9.17) is 4.42 Å². The van der Waals surface area contributed by atoms with Crippen LogP contribution in [0.1, 0.15) is 25.9 Å². The summed E-state index contributed by atoms with van der Waals surface area (Å²) in [4.78, 5) is 16.2. The molecule has 2 heterocycles. The van der Waals surface area contributed by atoms with Crippen LogP contribution in [0.3, 0.4) is 0 Å². The predicted octanol–water partition coefficient (Wildman–Crippen LogP) is 3.99. The predicted molar refractivity (Wildman–Crippen MR) is 76.0 cm³/mol. The highest BCUT2D eigenvalue weighted by atomic mass is 79.9. The molecule has 2 aromatic rings. The summed E-state index contributed by atoms with van der Waals surface area (Å²) >= 11 is 4.90. The molecule has 0 aromatic carbocycles. The first kappa shape index (κ1) is 13.4. The van der Waals surface area contributed by atoms with Gasteiger partial charge < -0.3 is 9.32 Å². The fourth-order valence-electron chi connectivity index (χ4n) is 1.79. The first-order valence-electron chi connectivity index (χ1n) is 5.54. The third-order valence-electron chi connectivity index (χ3n) is 2.64. The van der Waals surface area contributed by atoms with Crippen LogP contribution < -0.4 is 0 Å². The summed E-state index contributed by atoms with van der Waals surface area (Å²) in [6, 6.07) is 5.63. The van der Waals surface area contributed by atoms with E-state index in [1.54, 1.807) is 23.3 Å². The fourth-order valence-corrected chi connectivity index (χ4v) is 3.05. The lowest BCUT2D eigenvalue weighted by Crippen LogP contribution is -2.26. The van der Waals surface area contributed by atoms with E-state index in [2.05, 4.69) is 15.9 Å². The van der Waals surface area contributed by atoms with Crippen molar-refractivity contribution < 1.29 is 9.21 Å². The van der Waals surface area contributed by atoms with Crippen molar-refractivity contribution in [3.8, 4) is 0 Å². The number of thiophene rings is 1. The molecule has 96 valence electrons. The number of furan rings is 1. The smallest absolute Gasteiger partial charge is 0.255 e. The van der Waals surface area contributed by atoms with Crippen molar-refractivity contribution in [2.75, 3.05) is 7.05 Å². The van der Waals surface area contributed by atoms with Gasteiger partial charge in [-0.3, -0.25) is 4.79 Å². The molecular formula is C13H14BrNO2S. The van der Waals surface area contributed by atoms with Crippen molar-refractivity contribution in [1.29, 1.82) is 0 Å².